The number of ether oxygens (including phenoxy) is 1. The van der Waals surface area contributed by atoms with E-state index >= 15 is 0 Å². The van der Waals surface area contributed by atoms with E-state index in [0.717, 1.165) is 31.6 Å². The van der Waals surface area contributed by atoms with Crippen molar-refractivity contribution < 1.29 is 13.7 Å². The van der Waals surface area contributed by atoms with Crippen LogP contribution in [0.25, 0.3) is 0 Å². The fourth-order valence-electron chi connectivity index (χ4n) is 3.27. The molecule has 140 valence electrons. The van der Waals surface area contributed by atoms with Crippen LogP contribution in [0.2, 0.25) is 0 Å². The Morgan fingerprint density at radius 2 is 2.11 bits per heavy atom. The van der Waals surface area contributed by atoms with Crippen LogP contribution < -0.4 is 4.74 Å². The number of nitrogens with zero attached hydrogens (tertiary/aromatic N) is 5. The summed E-state index contributed by atoms with van der Waals surface area (Å²) in [6.07, 6.45) is 5.60. The molecule has 1 fully saturated rings. The van der Waals surface area contributed by atoms with Gasteiger partial charge >= 0.3 is 0 Å². The van der Waals surface area contributed by atoms with Crippen LogP contribution in [-0.4, -0.2) is 38.1 Å². The van der Waals surface area contributed by atoms with Gasteiger partial charge in [0, 0.05) is 24.4 Å². The molecular weight excluding hydrogens is 349 g/mol. The van der Waals surface area contributed by atoms with Crippen molar-refractivity contribution in [3.05, 3.63) is 66.1 Å². The van der Waals surface area contributed by atoms with E-state index in [1.54, 1.807) is 24.7 Å². The average molecular weight is 369 g/mol. The Balaban J connectivity index is 1.31. The van der Waals surface area contributed by atoms with Crippen LogP contribution in [0.3, 0.4) is 0 Å². The molecule has 1 aliphatic rings. The molecule has 2 aromatic heterocycles. The van der Waals surface area contributed by atoms with Crippen molar-refractivity contribution in [1.29, 1.82) is 0 Å². The molecule has 3 aromatic rings. The van der Waals surface area contributed by atoms with Crippen molar-refractivity contribution >= 4 is 0 Å². The largest absolute Gasteiger partial charge is 0.485 e. The van der Waals surface area contributed by atoms with E-state index in [0.29, 0.717) is 29.9 Å². The first-order valence-electron chi connectivity index (χ1n) is 8.94. The molecule has 1 aromatic carbocycles. The monoisotopic (exact) mass is 369 g/mol. The first kappa shape index (κ1) is 17.5. The molecule has 1 aliphatic heterocycles. The quantitative estimate of drug-likeness (QED) is 0.661. The predicted molar refractivity (Wildman–Crippen MR) is 94.3 cm³/mol. The molecule has 0 saturated carbocycles. The summed E-state index contributed by atoms with van der Waals surface area (Å²) >= 11 is 0. The molecule has 1 atom stereocenters. The summed E-state index contributed by atoms with van der Waals surface area (Å²) in [6, 6.07) is 7.81. The third-order valence-corrected chi connectivity index (χ3v) is 4.58. The molecule has 27 heavy (non-hydrogen) atoms. The van der Waals surface area contributed by atoms with Gasteiger partial charge in [-0.05, 0) is 49.7 Å². The highest BCUT2D eigenvalue weighted by Crippen LogP contribution is 2.25. The molecule has 0 N–H and O–H groups in total. The maximum Gasteiger partial charge on any atom is 0.240 e. The Labute approximate surface area is 156 Å². The number of likely N-dealkylation sites (tertiary alicyclic amines) is 1. The van der Waals surface area contributed by atoms with Crippen molar-refractivity contribution in [2.45, 2.75) is 31.9 Å². The summed E-state index contributed by atoms with van der Waals surface area (Å²) in [5.74, 6) is 1.69. The number of halogens is 1. The number of piperidine rings is 1. The van der Waals surface area contributed by atoms with Crippen LogP contribution in [0.5, 0.6) is 5.75 Å². The van der Waals surface area contributed by atoms with Gasteiger partial charge in [0.1, 0.15) is 17.9 Å². The first-order chi connectivity index (χ1) is 13.3. The van der Waals surface area contributed by atoms with Gasteiger partial charge in [-0.2, -0.15) is 4.98 Å². The second-order valence-electron chi connectivity index (χ2n) is 6.56. The van der Waals surface area contributed by atoms with E-state index in [9.17, 15) is 4.39 Å². The Bertz CT molecular complexity index is 856. The Kier molecular flexibility index (Phi) is 5.34. The molecule has 0 radical (unpaired) electrons. The summed E-state index contributed by atoms with van der Waals surface area (Å²) in [4.78, 5) is 15.1. The summed E-state index contributed by atoms with van der Waals surface area (Å²) in [6.45, 7) is 2.68. The minimum atomic E-state index is -0.300. The van der Waals surface area contributed by atoms with E-state index in [1.807, 2.05) is 6.07 Å². The molecule has 1 saturated heterocycles. The lowest BCUT2D eigenvalue weighted by molar-refractivity contribution is 0.175. The van der Waals surface area contributed by atoms with Crippen LogP contribution in [-0.2, 0) is 13.2 Å². The smallest absolute Gasteiger partial charge is 0.240 e. The Hall–Kier alpha value is -2.87. The highest BCUT2D eigenvalue weighted by molar-refractivity contribution is 5.22. The molecule has 0 amide bonds. The summed E-state index contributed by atoms with van der Waals surface area (Å²) in [5, 5.41) is 3.96. The van der Waals surface area contributed by atoms with E-state index < -0.39 is 0 Å². The summed E-state index contributed by atoms with van der Waals surface area (Å²) < 4.78 is 23.8. The third kappa shape index (κ3) is 4.65. The van der Waals surface area contributed by atoms with Gasteiger partial charge < -0.3 is 9.26 Å². The molecule has 3 heterocycles. The van der Waals surface area contributed by atoms with Gasteiger partial charge in [-0.15, -0.1) is 0 Å². The number of hydrogen-bond donors (Lipinski definition) is 0. The lowest BCUT2D eigenvalue weighted by atomic mass is 9.94. The fraction of sp³-hybridized carbons (Fsp3) is 0.368. The van der Waals surface area contributed by atoms with Gasteiger partial charge in [-0.3, -0.25) is 4.90 Å². The number of aromatic nitrogens is 4. The van der Waals surface area contributed by atoms with Crippen LogP contribution in [0.15, 0.2) is 47.4 Å². The van der Waals surface area contributed by atoms with E-state index in [4.69, 9.17) is 9.26 Å². The molecular formula is C19H20FN5O2. The maximum absolute atomic E-state index is 12.9. The topological polar surface area (TPSA) is 77.2 Å². The molecule has 0 bridgehead atoms. The zero-order valence-electron chi connectivity index (χ0n) is 14.8. The highest BCUT2D eigenvalue weighted by Gasteiger charge is 2.23. The minimum Gasteiger partial charge on any atom is -0.485 e. The predicted octanol–water partition coefficient (Wildman–Crippen LogP) is 2.96. The number of hydrogen-bond acceptors (Lipinski definition) is 7. The summed E-state index contributed by atoms with van der Waals surface area (Å²) in [7, 11) is 0. The second-order valence-corrected chi connectivity index (χ2v) is 6.56. The zero-order chi connectivity index (χ0) is 18.5. The van der Waals surface area contributed by atoms with E-state index in [2.05, 4.69) is 25.0 Å². The maximum atomic E-state index is 12.9. The van der Waals surface area contributed by atoms with Gasteiger partial charge in [0.05, 0.1) is 6.54 Å². The van der Waals surface area contributed by atoms with Crippen LogP contribution in [0.4, 0.5) is 4.39 Å². The molecule has 8 heteroatoms. The standard InChI is InChI=1S/C19H20FN5O2/c20-15-3-5-16(6-4-15)26-12-18-23-19(27-24-18)11-25-9-1-2-14(10-25)17-7-8-21-13-22-17/h3-8,13-14H,1-2,9-12H2/t14-/m0/s1. The first-order valence-corrected chi connectivity index (χ1v) is 8.94. The van der Waals surface area contributed by atoms with Crippen molar-refractivity contribution in [3.8, 4) is 5.75 Å². The van der Waals surface area contributed by atoms with Gasteiger partial charge in [-0.1, -0.05) is 5.16 Å². The van der Waals surface area contributed by atoms with Gasteiger partial charge in [0.2, 0.25) is 11.7 Å². The summed E-state index contributed by atoms with van der Waals surface area (Å²) in [5.41, 5.74) is 1.08. The minimum absolute atomic E-state index is 0.179. The molecule has 4 rings (SSSR count). The lowest BCUT2D eigenvalue weighted by Crippen LogP contribution is -2.34. The van der Waals surface area contributed by atoms with Crippen molar-refractivity contribution in [3.63, 3.8) is 0 Å². The average Bonchev–Trinajstić information content (AvgIpc) is 3.16. The van der Waals surface area contributed by atoms with Crippen molar-refractivity contribution in [2.24, 2.45) is 0 Å². The Morgan fingerprint density at radius 1 is 1.22 bits per heavy atom. The molecule has 7 nitrogen and oxygen atoms in total. The highest BCUT2D eigenvalue weighted by atomic mass is 19.1. The second kappa shape index (κ2) is 8.22. The van der Waals surface area contributed by atoms with E-state index in [1.165, 1.54) is 12.1 Å². The van der Waals surface area contributed by atoms with Gasteiger partial charge in [0.25, 0.3) is 0 Å². The van der Waals surface area contributed by atoms with Crippen LogP contribution >= 0.6 is 0 Å². The number of benzene rings is 1. The van der Waals surface area contributed by atoms with Crippen LogP contribution in [0, 0.1) is 5.82 Å². The zero-order valence-corrected chi connectivity index (χ0v) is 14.8. The van der Waals surface area contributed by atoms with Gasteiger partial charge in [-0.25, -0.2) is 14.4 Å². The fourth-order valence-corrected chi connectivity index (χ4v) is 3.27. The SMILES string of the molecule is Fc1ccc(OCc2noc(CN3CCC[C@H](c4ccncn4)C3)n2)cc1. The van der Waals surface area contributed by atoms with Crippen molar-refractivity contribution in [2.75, 3.05) is 13.1 Å². The third-order valence-electron chi connectivity index (χ3n) is 4.58. The molecule has 0 spiro atoms. The van der Waals surface area contributed by atoms with E-state index in [-0.39, 0.29) is 12.4 Å². The Morgan fingerprint density at radius 3 is 2.93 bits per heavy atom. The molecule has 0 aliphatic carbocycles. The lowest BCUT2D eigenvalue weighted by Gasteiger charge is -2.31. The normalized spacial score (nSPS) is 17.7. The van der Waals surface area contributed by atoms with Crippen molar-refractivity contribution in [1.82, 2.24) is 25.0 Å². The van der Waals surface area contributed by atoms with Crippen LogP contribution in [0.1, 0.15) is 36.2 Å². The number of rotatable bonds is 6. The van der Waals surface area contributed by atoms with Gasteiger partial charge in [0.15, 0.2) is 6.61 Å². The molecule has 0 unspecified atom stereocenters.